The van der Waals surface area contributed by atoms with Crippen LogP contribution in [0.25, 0.3) is 0 Å². The second-order valence-corrected chi connectivity index (χ2v) is 4.75. The van der Waals surface area contributed by atoms with Crippen LogP contribution in [0, 0.1) is 5.92 Å². The Kier molecular flexibility index (Phi) is 4.54. The number of carbonyl (C=O) groups is 1. The van der Waals surface area contributed by atoms with E-state index in [0.29, 0.717) is 12.3 Å². The van der Waals surface area contributed by atoms with Crippen molar-refractivity contribution in [2.75, 3.05) is 33.7 Å². The summed E-state index contributed by atoms with van der Waals surface area (Å²) in [4.78, 5) is 15.4. The van der Waals surface area contributed by atoms with Gasteiger partial charge in [-0.25, -0.2) is 0 Å². The van der Waals surface area contributed by atoms with Crippen molar-refractivity contribution in [1.82, 2.24) is 9.80 Å². The monoisotopic (exact) mass is 213 g/mol. The number of likely N-dealkylation sites (tertiary alicyclic amines) is 1. The van der Waals surface area contributed by atoms with Crippen molar-refractivity contribution in [1.29, 1.82) is 0 Å². The van der Waals surface area contributed by atoms with Crippen LogP contribution in [0.1, 0.15) is 19.8 Å². The van der Waals surface area contributed by atoms with Crippen molar-refractivity contribution < 1.29 is 4.79 Å². The standard InChI is InChI=1S/C11H23N3O/c1-9(12)10-4-6-14(8-10)7-5-11(15)13(2)3/h9-10H,4-8,12H2,1-3H3. The van der Waals surface area contributed by atoms with Crippen LogP contribution in [0.4, 0.5) is 0 Å². The minimum atomic E-state index is 0.208. The Labute approximate surface area is 92.4 Å². The Bertz CT molecular complexity index is 216. The Morgan fingerprint density at radius 1 is 1.60 bits per heavy atom. The van der Waals surface area contributed by atoms with E-state index in [1.807, 2.05) is 0 Å². The molecule has 4 nitrogen and oxygen atoms in total. The van der Waals surface area contributed by atoms with E-state index in [1.165, 1.54) is 6.42 Å². The van der Waals surface area contributed by atoms with Gasteiger partial charge < -0.3 is 15.5 Å². The molecule has 1 fully saturated rings. The van der Waals surface area contributed by atoms with Crippen molar-refractivity contribution in [2.45, 2.75) is 25.8 Å². The maximum atomic E-state index is 11.4. The fourth-order valence-corrected chi connectivity index (χ4v) is 1.97. The van der Waals surface area contributed by atoms with Gasteiger partial charge in [0.2, 0.25) is 5.91 Å². The molecule has 0 bridgehead atoms. The second kappa shape index (κ2) is 5.47. The first-order chi connectivity index (χ1) is 7.00. The van der Waals surface area contributed by atoms with Gasteiger partial charge in [0.05, 0.1) is 0 Å². The van der Waals surface area contributed by atoms with Crippen LogP contribution < -0.4 is 5.73 Å². The van der Waals surface area contributed by atoms with Crippen LogP contribution in [0.2, 0.25) is 0 Å². The number of nitrogens with zero attached hydrogens (tertiary/aromatic N) is 2. The largest absolute Gasteiger partial charge is 0.349 e. The van der Waals surface area contributed by atoms with Crippen LogP contribution in [0.3, 0.4) is 0 Å². The summed E-state index contributed by atoms with van der Waals surface area (Å²) >= 11 is 0. The maximum Gasteiger partial charge on any atom is 0.223 e. The highest BCUT2D eigenvalue weighted by molar-refractivity contribution is 5.75. The van der Waals surface area contributed by atoms with Crippen LogP contribution in [0.15, 0.2) is 0 Å². The summed E-state index contributed by atoms with van der Waals surface area (Å²) in [7, 11) is 3.61. The first kappa shape index (κ1) is 12.5. The molecule has 1 aliphatic rings. The van der Waals surface area contributed by atoms with Gasteiger partial charge in [-0.3, -0.25) is 4.79 Å². The van der Waals surface area contributed by atoms with Crippen LogP contribution in [0.5, 0.6) is 0 Å². The molecule has 0 aromatic heterocycles. The van der Waals surface area contributed by atoms with Gasteiger partial charge >= 0.3 is 0 Å². The smallest absolute Gasteiger partial charge is 0.223 e. The molecule has 0 radical (unpaired) electrons. The third-order valence-electron chi connectivity index (χ3n) is 3.19. The molecule has 1 heterocycles. The fourth-order valence-electron chi connectivity index (χ4n) is 1.97. The van der Waals surface area contributed by atoms with Gasteiger partial charge in [-0.05, 0) is 25.8 Å². The van der Waals surface area contributed by atoms with Gasteiger partial charge in [0.1, 0.15) is 0 Å². The van der Waals surface area contributed by atoms with Crippen LogP contribution in [-0.2, 0) is 4.79 Å². The topological polar surface area (TPSA) is 49.6 Å². The molecule has 1 aliphatic heterocycles. The Morgan fingerprint density at radius 3 is 2.73 bits per heavy atom. The van der Waals surface area contributed by atoms with Gasteiger partial charge in [-0.1, -0.05) is 0 Å². The van der Waals surface area contributed by atoms with Crippen molar-refractivity contribution in [3.05, 3.63) is 0 Å². The lowest BCUT2D eigenvalue weighted by molar-refractivity contribution is -0.128. The van der Waals surface area contributed by atoms with E-state index in [-0.39, 0.29) is 11.9 Å². The lowest BCUT2D eigenvalue weighted by atomic mass is 10.0. The van der Waals surface area contributed by atoms with Crippen LogP contribution in [-0.4, -0.2) is 55.5 Å². The van der Waals surface area contributed by atoms with E-state index >= 15 is 0 Å². The summed E-state index contributed by atoms with van der Waals surface area (Å²) < 4.78 is 0. The average molecular weight is 213 g/mol. The number of hydrogen-bond acceptors (Lipinski definition) is 3. The van der Waals surface area contributed by atoms with E-state index < -0.39 is 0 Å². The second-order valence-electron chi connectivity index (χ2n) is 4.75. The summed E-state index contributed by atoms with van der Waals surface area (Å²) in [5.41, 5.74) is 5.86. The van der Waals surface area contributed by atoms with E-state index in [2.05, 4.69) is 11.8 Å². The van der Waals surface area contributed by atoms with Crippen molar-refractivity contribution in [3.8, 4) is 0 Å². The molecule has 1 amide bonds. The molecule has 88 valence electrons. The van der Waals surface area contributed by atoms with E-state index in [9.17, 15) is 4.79 Å². The molecule has 1 saturated heterocycles. The quantitative estimate of drug-likeness (QED) is 0.722. The fraction of sp³-hybridized carbons (Fsp3) is 0.909. The van der Waals surface area contributed by atoms with Crippen molar-refractivity contribution >= 4 is 5.91 Å². The van der Waals surface area contributed by atoms with E-state index in [1.54, 1.807) is 19.0 Å². The molecule has 0 aliphatic carbocycles. The first-order valence-electron chi connectivity index (χ1n) is 5.68. The normalized spacial score (nSPS) is 24.1. The average Bonchev–Trinajstić information content (AvgIpc) is 2.62. The SMILES string of the molecule is CC(N)C1CCN(CCC(=O)N(C)C)C1. The molecular formula is C11H23N3O. The summed E-state index contributed by atoms with van der Waals surface area (Å²) in [6.45, 7) is 5.09. The lowest BCUT2D eigenvalue weighted by Gasteiger charge is -2.18. The number of rotatable bonds is 4. The third-order valence-corrected chi connectivity index (χ3v) is 3.19. The zero-order chi connectivity index (χ0) is 11.4. The summed E-state index contributed by atoms with van der Waals surface area (Å²) in [6.07, 6.45) is 1.80. The van der Waals surface area contributed by atoms with Crippen LogP contribution >= 0.6 is 0 Å². The van der Waals surface area contributed by atoms with E-state index in [4.69, 9.17) is 5.73 Å². The van der Waals surface area contributed by atoms with Gasteiger partial charge in [0, 0.05) is 39.6 Å². The number of hydrogen-bond donors (Lipinski definition) is 1. The Morgan fingerprint density at radius 2 is 2.27 bits per heavy atom. The maximum absolute atomic E-state index is 11.4. The predicted molar refractivity (Wildman–Crippen MR) is 61.5 cm³/mol. The Balaban J connectivity index is 2.22. The highest BCUT2D eigenvalue weighted by Gasteiger charge is 2.25. The summed E-state index contributed by atoms with van der Waals surface area (Å²) in [5, 5.41) is 0. The van der Waals surface area contributed by atoms with Crippen molar-refractivity contribution in [2.24, 2.45) is 11.7 Å². The van der Waals surface area contributed by atoms with Gasteiger partial charge in [0.15, 0.2) is 0 Å². The van der Waals surface area contributed by atoms with Crippen molar-refractivity contribution in [3.63, 3.8) is 0 Å². The lowest BCUT2D eigenvalue weighted by Crippen LogP contribution is -2.32. The summed E-state index contributed by atoms with van der Waals surface area (Å²) in [6, 6.07) is 0.277. The number of nitrogens with two attached hydrogens (primary N) is 1. The molecule has 0 aromatic rings. The highest BCUT2D eigenvalue weighted by atomic mass is 16.2. The molecule has 2 unspecified atom stereocenters. The third kappa shape index (κ3) is 3.80. The molecule has 2 N–H and O–H groups in total. The Hall–Kier alpha value is -0.610. The van der Waals surface area contributed by atoms with Gasteiger partial charge in [-0.15, -0.1) is 0 Å². The van der Waals surface area contributed by atoms with Gasteiger partial charge in [-0.2, -0.15) is 0 Å². The highest BCUT2D eigenvalue weighted by Crippen LogP contribution is 2.18. The zero-order valence-corrected chi connectivity index (χ0v) is 10.1. The molecule has 15 heavy (non-hydrogen) atoms. The predicted octanol–water partition coefficient (Wildman–Crippen LogP) is 0.134. The minimum absolute atomic E-state index is 0.208. The minimum Gasteiger partial charge on any atom is -0.349 e. The van der Waals surface area contributed by atoms with Gasteiger partial charge in [0.25, 0.3) is 0 Å². The summed E-state index contributed by atoms with van der Waals surface area (Å²) in [5.74, 6) is 0.818. The molecule has 0 spiro atoms. The first-order valence-corrected chi connectivity index (χ1v) is 5.68. The molecule has 4 heteroatoms. The molecular weight excluding hydrogens is 190 g/mol. The number of amides is 1. The molecule has 0 aromatic carbocycles. The number of carbonyl (C=O) groups excluding carboxylic acids is 1. The zero-order valence-electron chi connectivity index (χ0n) is 10.1. The molecule has 0 saturated carbocycles. The molecule has 1 rings (SSSR count). The van der Waals surface area contributed by atoms with E-state index in [0.717, 1.165) is 19.6 Å². The molecule has 2 atom stereocenters.